The maximum Gasteiger partial charge on any atom is 0.193 e. The van der Waals surface area contributed by atoms with Crippen LogP contribution in [0.4, 0.5) is 0 Å². The standard InChI is InChI=1S/C10H17N3/c1-4-5-6-10(12-13-10)7-8-11-9(2)3/h1,9,11H,5-8H2,2-3H3. The van der Waals surface area contributed by atoms with Gasteiger partial charge in [0.15, 0.2) is 5.66 Å². The summed E-state index contributed by atoms with van der Waals surface area (Å²) in [6.45, 7) is 5.24. The van der Waals surface area contributed by atoms with E-state index in [1.807, 2.05) is 0 Å². The molecule has 0 aromatic carbocycles. The third kappa shape index (κ3) is 3.56. The Bertz CT molecular complexity index is 219. The molecule has 72 valence electrons. The van der Waals surface area contributed by atoms with Crippen LogP contribution in [0.25, 0.3) is 0 Å². The molecule has 0 atom stereocenters. The van der Waals surface area contributed by atoms with E-state index in [0.29, 0.717) is 6.04 Å². The highest BCUT2D eigenvalue weighted by Crippen LogP contribution is 2.35. The van der Waals surface area contributed by atoms with Crippen molar-refractivity contribution in [1.29, 1.82) is 0 Å². The number of nitrogens with one attached hydrogen (secondary N) is 1. The third-order valence-corrected chi connectivity index (χ3v) is 2.13. The van der Waals surface area contributed by atoms with Gasteiger partial charge in [-0.05, 0) is 6.54 Å². The molecule has 0 fully saturated rings. The molecule has 0 amide bonds. The summed E-state index contributed by atoms with van der Waals surface area (Å²) in [5.74, 6) is 2.62. The lowest BCUT2D eigenvalue weighted by Crippen LogP contribution is -2.27. The van der Waals surface area contributed by atoms with E-state index in [9.17, 15) is 0 Å². The Labute approximate surface area is 80.0 Å². The molecule has 0 aliphatic carbocycles. The molecule has 0 unspecified atom stereocenters. The van der Waals surface area contributed by atoms with Crippen molar-refractivity contribution in [2.75, 3.05) is 6.54 Å². The van der Waals surface area contributed by atoms with Crippen LogP contribution in [0.5, 0.6) is 0 Å². The van der Waals surface area contributed by atoms with Crippen molar-refractivity contribution < 1.29 is 0 Å². The topological polar surface area (TPSA) is 36.8 Å². The van der Waals surface area contributed by atoms with Crippen LogP contribution in [0.1, 0.15) is 33.1 Å². The summed E-state index contributed by atoms with van der Waals surface area (Å²) in [6, 6.07) is 0.531. The van der Waals surface area contributed by atoms with E-state index in [4.69, 9.17) is 6.42 Å². The van der Waals surface area contributed by atoms with Crippen molar-refractivity contribution in [3.63, 3.8) is 0 Å². The average molecular weight is 179 g/mol. The van der Waals surface area contributed by atoms with Crippen LogP contribution in [0.2, 0.25) is 0 Å². The quantitative estimate of drug-likeness (QED) is 0.622. The molecule has 0 saturated heterocycles. The van der Waals surface area contributed by atoms with Gasteiger partial charge in [-0.15, -0.1) is 12.3 Å². The molecule has 0 saturated carbocycles. The molecule has 0 radical (unpaired) electrons. The largest absolute Gasteiger partial charge is 0.314 e. The van der Waals surface area contributed by atoms with Crippen molar-refractivity contribution in [2.45, 2.75) is 44.8 Å². The minimum Gasteiger partial charge on any atom is -0.314 e. The van der Waals surface area contributed by atoms with Gasteiger partial charge in [-0.25, -0.2) is 0 Å². The molecule has 1 rings (SSSR count). The Morgan fingerprint density at radius 2 is 2.08 bits per heavy atom. The molecule has 1 aliphatic rings. The molecule has 1 heterocycles. The Kier molecular flexibility index (Phi) is 3.44. The highest BCUT2D eigenvalue weighted by atomic mass is 15.4. The van der Waals surface area contributed by atoms with Crippen molar-refractivity contribution in [3.8, 4) is 12.3 Å². The summed E-state index contributed by atoms with van der Waals surface area (Å²) in [5.41, 5.74) is -0.117. The van der Waals surface area contributed by atoms with Gasteiger partial charge in [0, 0.05) is 25.3 Å². The highest BCUT2D eigenvalue weighted by Gasteiger charge is 2.38. The molecule has 1 N–H and O–H groups in total. The predicted molar refractivity (Wildman–Crippen MR) is 53.4 cm³/mol. The fourth-order valence-electron chi connectivity index (χ4n) is 1.23. The predicted octanol–water partition coefficient (Wildman–Crippen LogP) is 1.95. The summed E-state index contributed by atoms with van der Waals surface area (Å²) in [6.07, 6.45) is 7.85. The lowest BCUT2D eigenvalue weighted by molar-refractivity contribution is 0.468. The summed E-state index contributed by atoms with van der Waals surface area (Å²) in [7, 11) is 0. The number of rotatable bonds is 6. The first-order valence-corrected chi connectivity index (χ1v) is 4.79. The van der Waals surface area contributed by atoms with E-state index in [0.717, 1.165) is 25.8 Å². The first-order valence-electron chi connectivity index (χ1n) is 4.79. The van der Waals surface area contributed by atoms with Gasteiger partial charge in [0.2, 0.25) is 0 Å². The van der Waals surface area contributed by atoms with Crippen LogP contribution in [0, 0.1) is 12.3 Å². The van der Waals surface area contributed by atoms with Gasteiger partial charge in [0.05, 0.1) is 0 Å². The number of hydrogen-bond acceptors (Lipinski definition) is 3. The molecule has 3 nitrogen and oxygen atoms in total. The number of terminal acetylenes is 1. The van der Waals surface area contributed by atoms with E-state index in [1.54, 1.807) is 0 Å². The molecular weight excluding hydrogens is 162 g/mol. The van der Waals surface area contributed by atoms with E-state index in [1.165, 1.54) is 0 Å². The second-order valence-corrected chi connectivity index (χ2v) is 3.75. The summed E-state index contributed by atoms with van der Waals surface area (Å²) >= 11 is 0. The molecular formula is C10H17N3. The van der Waals surface area contributed by atoms with E-state index < -0.39 is 0 Å². The Morgan fingerprint density at radius 3 is 2.54 bits per heavy atom. The first kappa shape index (κ1) is 10.2. The molecule has 3 heteroatoms. The van der Waals surface area contributed by atoms with Gasteiger partial charge in [0.25, 0.3) is 0 Å². The van der Waals surface area contributed by atoms with Crippen LogP contribution in [0.15, 0.2) is 10.2 Å². The fraction of sp³-hybridized carbons (Fsp3) is 0.800. The second kappa shape index (κ2) is 4.38. The zero-order chi connectivity index (χ0) is 9.73. The number of hydrogen-bond donors (Lipinski definition) is 1. The van der Waals surface area contributed by atoms with Gasteiger partial charge in [-0.1, -0.05) is 13.8 Å². The zero-order valence-corrected chi connectivity index (χ0v) is 8.38. The van der Waals surface area contributed by atoms with E-state index in [2.05, 4.69) is 35.3 Å². The zero-order valence-electron chi connectivity index (χ0n) is 8.38. The van der Waals surface area contributed by atoms with Crippen LogP contribution in [-0.2, 0) is 0 Å². The Hall–Kier alpha value is -0.880. The SMILES string of the molecule is C#CCCC1(CCNC(C)C)N=N1. The summed E-state index contributed by atoms with van der Waals surface area (Å²) in [5, 5.41) is 11.5. The lowest BCUT2D eigenvalue weighted by Gasteiger charge is -2.11. The second-order valence-electron chi connectivity index (χ2n) is 3.75. The maximum absolute atomic E-state index is 5.19. The summed E-state index contributed by atoms with van der Waals surface area (Å²) in [4.78, 5) is 0. The van der Waals surface area contributed by atoms with Crippen LogP contribution >= 0.6 is 0 Å². The molecule has 0 aromatic heterocycles. The molecule has 0 aromatic rings. The van der Waals surface area contributed by atoms with Crippen molar-refractivity contribution >= 4 is 0 Å². The van der Waals surface area contributed by atoms with Gasteiger partial charge < -0.3 is 5.32 Å². The van der Waals surface area contributed by atoms with Crippen molar-refractivity contribution in [2.24, 2.45) is 10.2 Å². The fourth-order valence-corrected chi connectivity index (χ4v) is 1.23. The highest BCUT2D eigenvalue weighted by molar-refractivity contribution is 4.98. The van der Waals surface area contributed by atoms with Crippen LogP contribution < -0.4 is 5.32 Å². The summed E-state index contributed by atoms with van der Waals surface area (Å²) < 4.78 is 0. The molecule has 0 spiro atoms. The smallest absolute Gasteiger partial charge is 0.193 e. The Morgan fingerprint density at radius 1 is 1.38 bits per heavy atom. The van der Waals surface area contributed by atoms with Gasteiger partial charge in [-0.3, -0.25) is 0 Å². The van der Waals surface area contributed by atoms with Gasteiger partial charge in [-0.2, -0.15) is 10.2 Å². The van der Waals surface area contributed by atoms with Crippen molar-refractivity contribution in [1.82, 2.24) is 5.32 Å². The normalized spacial score (nSPS) is 17.4. The van der Waals surface area contributed by atoms with Crippen LogP contribution in [0.3, 0.4) is 0 Å². The minimum absolute atomic E-state index is 0.117. The third-order valence-electron chi connectivity index (χ3n) is 2.13. The maximum atomic E-state index is 5.19. The van der Waals surface area contributed by atoms with Crippen molar-refractivity contribution in [3.05, 3.63) is 0 Å². The van der Waals surface area contributed by atoms with Gasteiger partial charge >= 0.3 is 0 Å². The lowest BCUT2D eigenvalue weighted by atomic mass is 10.0. The number of nitrogens with zero attached hydrogens (tertiary/aromatic N) is 2. The minimum atomic E-state index is -0.117. The van der Waals surface area contributed by atoms with Crippen LogP contribution in [-0.4, -0.2) is 18.2 Å². The average Bonchev–Trinajstić information content (AvgIpc) is 2.82. The first-order chi connectivity index (χ1) is 6.18. The van der Waals surface area contributed by atoms with E-state index in [-0.39, 0.29) is 5.66 Å². The Balaban J connectivity index is 2.10. The van der Waals surface area contributed by atoms with Gasteiger partial charge in [0.1, 0.15) is 0 Å². The van der Waals surface area contributed by atoms with E-state index >= 15 is 0 Å². The molecule has 13 heavy (non-hydrogen) atoms. The molecule has 1 aliphatic heterocycles. The monoisotopic (exact) mass is 179 g/mol. The molecule has 0 bridgehead atoms.